The Hall–Kier alpha value is -1.03. The second kappa shape index (κ2) is 5.95. The van der Waals surface area contributed by atoms with Crippen molar-refractivity contribution in [2.24, 2.45) is 0 Å². The predicted molar refractivity (Wildman–Crippen MR) is 82.6 cm³/mol. The summed E-state index contributed by atoms with van der Waals surface area (Å²) in [7, 11) is 0. The van der Waals surface area contributed by atoms with Gasteiger partial charge in [0.05, 0.1) is 6.10 Å². The molecule has 2 unspecified atom stereocenters. The Bertz CT molecular complexity index is 551. The number of fused-ring (bicyclic) bond motifs is 1. The molecule has 0 aliphatic carbocycles. The lowest BCUT2D eigenvalue weighted by Gasteiger charge is -2.16. The second-order valence-corrected chi connectivity index (χ2v) is 6.24. The zero-order valence-corrected chi connectivity index (χ0v) is 11.7. The zero-order chi connectivity index (χ0) is 13.1. The fourth-order valence-corrected chi connectivity index (χ4v) is 3.69. The minimum absolute atomic E-state index is 0.421. The maximum atomic E-state index is 10.3. The minimum atomic E-state index is -0.421. The number of hydrogen-bond acceptors (Lipinski definition) is 3. The number of benzene rings is 2. The van der Waals surface area contributed by atoms with E-state index in [1.54, 1.807) is 0 Å². The average molecular weight is 273 g/mol. The molecule has 0 bridgehead atoms. The third-order valence-electron chi connectivity index (χ3n) is 3.69. The summed E-state index contributed by atoms with van der Waals surface area (Å²) in [6.45, 7) is 0.642. The normalized spacial score (nSPS) is 20.8. The highest BCUT2D eigenvalue weighted by Gasteiger charge is 2.16. The molecule has 0 aromatic heterocycles. The van der Waals surface area contributed by atoms with E-state index in [2.05, 4.69) is 29.6 Å². The van der Waals surface area contributed by atoms with Gasteiger partial charge in [-0.15, -0.1) is 0 Å². The van der Waals surface area contributed by atoms with Gasteiger partial charge in [0.15, 0.2) is 0 Å². The molecule has 100 valence electrons. The summed E-state index contributed by atoms with van der Waals surface area (Å²) in [5.41, 5.74) is 0.997. The summed E-state index contributed by atoms with van der Waals surface area (Å²) in [5.74, 6) is 2.41. The van der Waals surface area contributed by atoms with Gasteiger partial charge in [0, 0.05) is 18.3 Å². The first-order valence-electron chi connectivity index (χ1n) is 6.81. The van der Waals surface area contributed by atoms with Crippen molar-refractivity contribution in [1.29, 1.82) is 0 Å². The Morgan fingerprint density at radius 1 is 1.21 bits per heavy atom. The van der Waals surface area contributed by atoms with Gasteiger partial charge in [0.25, 0.3) is 0 Å². The summed E-state index contributed by atoms with van der Waals surface area (Å²) in [4.78, 5) is 0. The molecular formula is C16H19NOS. The number of rotatable bonds is 4. The number of thioether (sulfide) groups is 1. The Labute approximate surface area is 118 Å². The Morgan fingerprint density at radius 2 is 2.05 bits per heavy atom. The van der Waals surface area contributed by atoms with Crippen LogP contribution in [0.4, 0.5) is 0 Å². The molecule has 0 amide bonds. The first-order chi connectivity index (χ1) is 9.33. The van der Waals surface area contributed by atoms with Gasteiger partial charge < -0.3 is 10.4 Å². The summed E-state index contributed by atoms with van der Waals surface area (Å²) in [6.07, 6.45) is 0.796. The number of nitrogens with one attached hydrogen (secondary N) is 1. The van der Waals surface area contributed by atoms with Gasteiger partial charge in [-0.3, -0.25) is 0 Å². The van der Waals surface area contributed by atoms with Crippen molar-refractivity contribution < 1.29 is 5.11 Å². The van der Waals surface area contributed by atoms with Crippen molar-refractivity contribution >= 4 is 22.5 Å². The summed E-state index contributed by atoms with van der Waals surface area (Å²) < 4.78 is 0. The monoisotopic (exact) mass is 273 g/mol. The van der Waals surface area contributed by atoms with Crippen molar-refractivity contribution in [3.05, 3.63) is 48.0 Å². The molecule has 19 heavy (non-hydrogen) atoms. The molecular weight excluding hydrogens is 254 g/mol. The summed E-state index contributed by atoms with van der Waals surface area (Å²) in [6, 6.07) is 15.0. The van der Waals surface area contributed by atoms with Crippen LogP contribution in [0, 0.1) is 0 Å². The third-order valence-corrected chi connectivity index (χ3v) is 4.85. The first-order valence-corrected chi connectivity index (χ1v) is 7.96. The first kappa shape index (κ1) is 13.0. The van der Waals surface area contributed by atoms with E-state index < -0.39 is 6.10 Å². The molecule has 3 heteroatoms. The molecule has 3 rings (SSSR count). The van der Waals surface area contributed by atoms with Gasteiger partial charge in [-0.2, -0.15) is 11.8 Å². The summed E-state index contributed by atoms with van der Waals surface area (Å²) in [5, 5.41) is 16.1. The summed E-state index contributed by atoms with van der Waals surface area (Å²) >= 11 is 1.99. The number of aliphatic hydroxyl groups excluding tert-OH is 1. The van der Waals surface area contributed by atoms with E-state index in [9.17, 15) is 5.11 Å². The SMILES string of the molecule is OC(CNC1CCSC1)c1ccc2ccccc2c1. The smallest absolute Gasteiger partial charge is 0.0914 e. The maximum absolute atomic E-state index is 10.3. The molecule has 1 aliphatic rings. The topological polar surface area (TPSA) is 32.3 Å². The van der Waals surface area contributed by atoms with Gasteiger partial charge in [0.1, 0.15) is 0 Å². The van der Waals surface area contributed by atoms with Crippen molar-refractivity contribution in [1.82, 2.24) is 5.32 Å². The van der Waals surface area contributed by atoms with Crippen LogP contribution in [0.1, 0.15) is 18.1 Å². The van der Waals surface area contributed by atoms with Crippen LogP contribution in [0.15, 0.2) is 42.5 Å². The fourth-order valence-electron chi connectivity index (χ4n) is 2.51. The van der Waals surface area contributed by atoms with Crippen LogP contribution in [0.2, 0.25) is 0 Å². The van der Waals surface area contributed by atoms with Crippen LogP contribution in [-0.2, 0) is 0 Å². The molecule has 0 radical (unpaired) electrons. The van der Waals surface area contributed by atoms with Crippen LogP contribution in [0.3, 0.4) is 0 Å². The molecule has 1 aliphatic heterocycles. The van der Waals surface area contributed by atoms with Crippen molar-refractivity contribution in [2.45, 2.75) is 18.6 Å². The van der Waals surface area contributed by atoms with Gasteiger partial charge in [-0.05, 0) is 34.6 Å². The van der Waals surface area contributed by atoms with E-state index >= 15 is 0 Å². The largest absolute Gasteiger partial charge is 0.387 e. The highest BCUT2D eigenvalue weighted by Crippen LogP contribution is 2.21. The van der Waals surface area contributed by atoms with E-state index in [1.165, 1.54) is 28.7 Å². The number of hydrogen-bond donors (Lipinski definition) is 2. The van der Waals surface area contributed by atoms with Crippen LogP contribution < -0.4 is 5.32 Å². The van der Waals surface area contributed by atoms with Crippen LogP contribution >= 0.6 is 11.8 Å². The molecule has 0 saturated carbocycles. The fraction of sp³-hybridized carbons (Fsp3) is 0.375. The highest BCUT2D eigenvalue weighted by atomic mass is 32.2. The lowest BCUT2D eigenvalue weighted by molar-refractivity contribution is 0.171. The van der Waals surface area contributed by atoms with Crippen LogP contribution in [-0.4, -0.2) is 29.2 Å². The molecule has 2 atom stereocenters. The zero-order valence-electron chi connectivity index (χ0n) is 10.9. The van der Waals surface area contributed by atoms with Crippen molar-refractivity contribution in [3.63, 3.8) is 0 Å². The minimum Gasteiger partial charge on any atom is -0.387 e. The molecule has 2 N–H and O–H groups in total. The Kier molecular flexibility index (Phi) is 4.06. The average Bonchev–Trinajstić information content (AvgIpc) is 2.97. The number of aliphatic hydroxyl groups is 1. The van der Waals surface area contributed by atoms with Crippen LogP contribution in [0.5, 0.6) is 0 Å². The quantitative estimate of drug-likeness (QED) is 0.898. The molecule has 0 spiro atoms. The lowest BCUT2D eigenvalue weighted by atomic mass is 10.0. The van der Waals surface area contributed by atoms with Crippen molar-refractivity contribution in [3.8, 4) is 0 Å². The van der Waals surface area contributed by atoms with E-state index in [0.29, 0.717) is 12.6 Å². The van der Waals surface area contributed by atoms with Crippen LogP contribution in [0.25, 0.3) is 10.8 Å². The molecule has 1 heterocycles. The molecule has 2 aromatic carbocycles. The standard InChI is InChI=1S/C16H19NOS/c18-16(10-17-15-7-8-19-11-15)14-6-5-12-3-1-2-4-13(12)9-14/h1-6,9,15-18H,7-8,10-11H2. The molecule has 1 saturated heterocycles. The highest BCUT2D eigenvalue weighted by molar-refractivity contribution is 7.99. The third kappa shape index (κ3) is 3.11. The Balaban J connectivity index is 1.68. The molecule has 2 aromatic rings. The van der Waals surface area contributed by atoms with Gasteiger partial charge in [0.2, 0.25) is 0 Å². The predicted octanol–water partition coefficient (Wildman–Crippen LogP) is 2.97. The van der Waals surface area contributed by atoms with E-state index in [4.69, 9.17) is 0 Å². The van der Waals surface area contributed by atoms with Gasteiger partial charge in [-0.1, -0.05) is 36.4 Å². The van der Waals surface area contributed by atoms with Gasteiger partial charge in [-0.25, -0.2) is 0 Å². The Morgan fingerprint density at radius 3 is 2.84 bits per heavy atom. The van der Waals surface area contributed by atoms with E-state index in [0.717, 1.165) is 5.56 Å². The van der Waals surface area contributed by atoms with E-state index in [1.807, 2.05) is 30.0 Å². The van der Waals surface area contributed by atoms with Crippen molar-refractivity contribution in [2.75, 3.05) is 18.1 Å². The lowest BCUT2D eigenvalue weighted by Crippen LogP contribution is -2.32. The second-order valence-electron chi connectivity index (χ2n) is 5.09. The maximum Gasteiger partial charge on any atom is 0.0914 e. The molecule has 1 fully saturated rings. The molecule has 2 nitrogen and oxygen atoms in total. The van der Waals surface area contributed by atoms with E-state index in [-0.39, 0.29) is 0 Å². The van der Waals surface area contributed by atoms with Gasteiger partial charge >= 0.3 is 0 Å².